The van der Waals surface area contributed by atoms with E-state index in [0.29, 0.717) is 24.0 Å². The van der Waals surface area contributed by atoms with E-state index in [1.54, 1.807) is 24.3 Å². The highest BCUT2D eigenvalue weighted by Gasteiger charge is 2.41. The largest absolute Gasteiger partial charge is 0.465 e. The molecule has 2 unspecified atom stereocenters. The normalized spacial score (nSPS) is 15.8. The van der Waals surface area contributed by atoms with Crippen LogP contribution < -0.4 is 5.32 Å². The summed E-state index contributed by atoms with van der Waals surface area (Å²) in [7, 11) is 0. The van der Waals surface area contributed by atoms with Crippen LogP contribution in [0, 0.1) is 5.41 Å². The fourth-order valence-corrected chi connectivity index (χ4v) is 3.76. The van der Waals surface area contributed by atoms with Crippen LogP contribution in [-0.4, -0.2) is 40.0 Å². The van der Waals surface area contributed by atoms with Gasteiger partial charge in [-0.1, -0.05) is 63.2 Å². The highest BCUT2D eigenvalue weighted by Crippen LogP contribution is 2.31. The summed E-state index contributed by atoms with van der Waals surface area (Å²) in [6.07, 6.45) is -0.332. The van der Waals surface area contributed by atoms with Gasteiger partial charge in [0.1, 0.15) is 0 Å². The first-order valence-electron chi connectivity index (χ1n) is 9.69. The molecule has 2 aromatic rings. The monoisotopic (exact) mass is 394 g/mol. The zero-order valence-electron chi connectivity index (χ0n) is 16.9. The molecule has 3 amide bonds. The highest BCUT2D eigenvalue weighted by molar-refractivity contribution is 6.21. The maximum atomic E-state index is 13.1. The minimum Gasteiger partial charge on any atom is -0.465 e. The fourth-order valence-electron chi connectivity index (χ4n) is 3.76. The van der Waals surface area contributed by atoms with Crippen molar-refractivity contribution in [2.24, 2.45) is 5.41 Å². The second-order valence-electron chi connectivity index (χ2n) is 8.47. The zero-order chi connectivity index (χ0) is 21.2. The quantitative estimate of drug-likeness (QED) is 0.726. The van der Waals surface area contributed by atoms with Gasteiger partial charge in [-0.2, -0.15) is 0 Å². The predicted octanol–water partition coefficient (Wildman–Crippen LogP) is 3.97. The van der Waals surface area contributed by atoms with Gasteiger partial charge in [0.2, 0.25) is 0 Å². The van der Waals surface area contributed by atoms with Gasteiger partial charge in [-0.15, -0.1) is 0 Å². The Balaban J connectivity index is 1.96. The summed E-state index contributed by atoms with van der Waals surface area (Å²) in [6.45, 7) is 5.82. The number of nitrogens with one attached hydrogen (secondary N) is 1. The molecule has 1 aliphatic heterocycles. The Labute approximate surface area is 170 Å². The third-order valence-electron chi connectivity index (χ3n) is 5.36. The van der Waals surface area contributed by atoms with Gasteiger partial charge in [0, 0.05) is 12.1 Å². The van der Waals surface area contributed by atoms with Crippen molar-refractivity contribution in [3.8, 4) is 0 Å². The van der Waals surface area contributed by atoms with Crippen molar-refractivity contribution in [2.75, 3.05) is 0 Å². The Morgan fingerprint density at radius 3 is 1.97 bits per heavy atom. The Morgan fingerprint density at radius 1 is 0.966 bits per heavy atom. The maximum Gasteiger partial charge on any atom is 0.404 e. The van der Waals surface area contributed by atoms with Gasteiger partial charge >= 0.3 is 6.09 Å². The van der Waals surface area contributed by atoms with Crippen LogP contribution in [0.2, 0.25) is 0 Å². The van der Waals surface area contributed by atoms with Crippen LogP contribution in [0.25, 0.3) is 0 Å². The molecule has 0 saturated heterocycles. The van der Waals surface area contributed by atoms with E-state index in [-0.39, 0.29) is 17.2 Å². The van der Waals surface area contributed by atoms with Gasteiger partial charge in [-0.3, -0.25) is 14.5 Å². The van der Waals surface area contributed by atoms with Gasteiger partial charge in [0.05, 0.1) is 11.1 Å². The molecule has 1 aliphatic rings. The molecule has 0 saturated carbocycles. The number of carbonyl (C=O) groups excluding carboxylic acids is 2. The van der Waals surface area contributed by atoms with Crippen LogP contribution in [0.15, 0.2) is 54.6 Å². The lowest BCUT2D eigenvalue weighted by Gasteiger charge is -2.36. The molecule has 2 N–H and O–H groups in total. The molecule has 2 atom stereocenters. The number of carbonyl (C=O) groups is 3. The third kappa shape index (κ3) is 4.47. The van der Waals surface area contributed by atoms with E-state index in [4.69, 9.17) is 0 Å². The second kappa shape index (κ2) is 8.07. The average molecular weight is 394 g/mol. The molecule has 0 bridgehead atoms. The predicted molar refractivity (Wildman–Crippen MR) is 110 cm³/mol. The fraction of sp³-hybridized carbons (Fsp3) is 0.348. The minimum absolute atomic E-state index is 0.325. The first-order valence-corrected chi connectivity index (χ1v) is 9.69. The molecular formula is C23H26N2O4. The van der Waals surface area contributed by atoms with Gasteiger partial charge in [0.25, 0.3) is 11.8 Å². The van der Waals surface area contributed by atoms with Crippen molar-refractivity contribution >= 4 is 17.9 Å². The number of rotatable bonds is 6. The van der Waals surface area contributed by atoms with Crippen molar-refractivity contribution in [3.63, 3.8) is 0 Å². The van der Waals surface area contributed by atoms with Crippen LogP contribution in [0.1, 0.15) is 53.5 Å². The molecule has 0 fully saturated rings. The Hall–Kier alpha value is -3.15. The molecule has 0 aliphatic carbocycles. The van der Waals surface area contributed by atoms with E-state index < -0.39 is 18.2 Å². The lowest BCUT2D eigenvalue weighted by atomic mass is 9.81. The molecule has 29 heavy (non-hydrogen) atoms. The Bertz CT molecular complexity index is 883. The van der Waals surface area contributed by atoms with E-state index in [9.17, 15) is 19.5 Å². The van der Waals surface area contributed by atoms with Crippen molar-refractivity contribution in [3.05, 3.63) is 71.3 Å². The van der Waals surface area contributed by atoms with Crippen LogP contribution in [0.4, 0.5) is 4.79 Å². The van der Waals surface area contributed by atoms with Crippen molar-refractivity contribution in [1.82, 2.24) is 10.2 Å². The smallest absolute Gasteiger partial charge is 0.404 e. The van der Waals surface area contributed by atoms with Crippen LogP contribution in [-0.2, 0) is 6.42 Å². The molecule has 0 radical (unpaired) electrons. The number of amides is 3. The summed E-state index contributed by atoms with van der Waals surface area (Å²) in [5.41, 5.74) is 1.39. The van der Waals surface area contributed by atoms with E-state index >= 15 is 0 Å². The lowest BCUT2D eigenvalue weighted by molar-refractivity contribution is 0.0549. The molecule has 3 rings (SSSR count). The molecule has 0 aromatic heterocycles. The van der Waals surface area contributed by atoms with Gasteiger partial charge in [0.15, 0.2) is 0 Å². The number of nitrogens with zero attached hydrogens (tertiary/aromatic N) is 1. The third-order valence-corrected chi connectivity index (χ3v) is 5.36. The number of imide groups is 1. The van der Waals surface area contributed by atoms with Crippen LogP contribution >= 0.6 is 0 Å². The second-order valence-corrected chi connectivity index (χ2v) is 8.47. The zero-order valence-corrected chi connectivity index (χ0v) is 16.9. The summed E-state index contributed by atoms with van der Waals surface area (Å²) in [6, 6.07) is 15.5. The first kappa shape index (κ1) is 20.6. The molecule has 0 spiro atoms. The van der Waals surface area contributed by atoms with E-state index in [1.807, 2.05) is 51.1 Å². The summed E-state index contributed by atoms with van der Waals surface area (Å²) in [4.78, 5) is 38.8. The standard InChI is InChI=1S/C23H26N2O4/c1-23(2,3)19(24-22(28)29)14-16(13-15-9-5-4-6-10-15)25-20(26)17-11-7-8-12-18(17)21(25)27/h4-12,16,19,24H,13-14H2,1-3H3,(H,28,29). The minimum atomic E-state index is -1.12. The maximum absolute atomic E-state index is 13.1. The number of hydrogen-bond acceptors (Lipinski definition) is 3. The molecule has 6 heteroatoms. The number of carboxylic acid groups (broad SMARTS) is 1. The Kier molecular flexibility index (Phi) is 5.73. The lowest BCUT2D eigenvalue weighted by Crippen LogP contribution is -2.50. The summed E-state index contributed by atoms with van der Waals surface area (Å²) >= 11 is 0. The van der Waals surface area contributed by atoms with Crippen molar-refractivity contribution in [1.29, 1.82) is 0 Å². The summed E-state index contributed by atoms with van der Waals surface area (Å²) < 4.78 is 0. The highest BCUT2D eigenvalue weighted by atomic mass is 16.4. The molecular weight excluding hydrogens is 368 g/mol. The van der Waals surface area contributed by atoms with E-state index in [1.165, 1.54) is 4.90 Å². The van der Waals surface area contributed by atoms with E-state index in [2.05, 4.69) is 5.32 Å². The van der Waals surface area contributed by atoms with Gasteiger partial charge < -0.3 is 10.4 Å². The van der Waals surface area contributed by atoms with E-state index in [0.717, 1.165) is 5.56 Å². The Morgan fingerprint density at radius 2 is 1.48 bits per heavy atom. The summed E-state index contributed by atoms with van der Waals surface area (Å²) in [5.74, 6) is -0.649. The van der Waals surface area contributed by atoms with Crippen LogP contribution in [0.3, 0.4) is 0 Å². The molecule has 1 heterocycles. The first-order chi connectivity index (χ1) is 13.7. The number of fused-ring (bicyclic) bond motifs is 1. The van der Waals surface area contributed by atoms with Crippen molar-refractivity contribution < 1.29 is 19.5 Å². The number of benzene rings is 2. The molecule has 2 aromatic carbocycles. The van der Waals surface area contributed by atoms with Gasteiger partial charge in [-0.05, 0) is 36.0 Å². The topological polar surface area (TPSA) is 86.7 Å². The summed E-state index contributed by atoms with van der Waals surface area (Å²) in [5, 5.41) is 11.9. The average Bonchev–Trinajstić information content (AvgIpc) is 2.91. The molecule has 152 valence electrons. The SMILES string of the molecule is CC(C)(C)C(CC(Cc1ccccc1)N1C(=O)c2ccccc2C1=O)NC(=O)O. The van der Waals surface area contributed by atoms with Crippen molar-refractivity contribution in [2.45, 2.75) is 45.7 Å². The van der Waals surface area contributed by atoms with Crippen LogP contribution in [0.5, 0.6) is 0 Å². The molecule has 6 nitrogen and oxygen atoms in total. The van der Waals surface area contributed by atoms with Gasteiger partial charge in [-0.25, -0.2) is 4.79 Å². The number of hydrogen-bond donors (Lipinski definition) is 2.